The number of piperidine rings is 1. The highest BCUT2D eigenvalue weighted by atomic mass is 28.4. The Kier molecular flexibility index (Phi) is 6.32. The maximum atomic E-state index is 12.2. The molecule has 1 aliphatic rings. The van der Waals surface area contributed by atoms with E-state index in [1.54, 1.807) is 4.90 Å². The smallest absolute Gasteiger partial charge is 0.410 e. The van der Waals surface area contributed by atoms with Gasteiger partial charge >= 0.3 is 6.09 Å². The number of ether oxygens (including phenoxy) is 1. The molecule has 0 bridgehead atoms. The summed E-state index contributed by atoms with van der Waals surface area (Å²) in [5.74, 6) is -0.0506. The summed E-state index contributed by atoms with van der Waals surface area (Å²) in [5, 5.41) is 9.88. The number of nitrogens with zero attached hydrogens (tertiary/aromatic N) is 1. The Hall–Kier alpha value is -0.593. The second-order valence-corrected chi connectivity index (χ2v) is 13.8. The molecule has 0 aromatic rings. The minimum absolute atomic E-state index is 0.0135. The van der Waals surface area contributed by atoms with Gasteiger partial charge in [-0.3, -0.25) is 0 Å². The Morgan fingerprint density at radius 3 is 2.22 bits per heavy atom. The van der Waals surface area contributed by atoms with Crippen molar-refractivity contribution in [2.45, 2.75) is 77.8 Å². The molecule has 2 unspecified atom stereocenters. The molecule has 1 rings (SSSR count). The summed E-state index contributed by atoms with van der Waals surface area (Å²) < 4.78 is 11.9. The molecule has 0 spiro atoms. The van der Waals surface area contributed by atoms with Gasteiger partial charge in [0.2, 0.25) is 0 Å². The van der Waals surface area contributed by atoms with Crippen molar-refractivity contribution in [2.75, 3.05) is 19.7 Å². The number of aliphatic hydroxyl groups excluding tert-OH is 1. The van der Waals surface area contributed by atoms with E-state index >= 15 is 0 Å². The summed E-state index contributed by atoms with van der Waals surface area (Å²) in [6.07, 6.45) is 0.457. The van der Waals surface area contributed by atoms with Crippen molar-refractivity contribution in [2.24, 2.45) is 5.92 Å². The third-order valence-corrected chi connectivity index (χ3v) is 9.31. The molecule has 2 atom stereocenters. The third-order valence-electron chi connectivity index (χ3n) is 4.80. The zero-order valence-corrected chi connectivity index (χ0v) is 17.1. The molecule has 1 aliphatic heterocycles. The molecule has 0 aliphatic carbocycles. The monoisotopic (exact) mass is 345 g/mol. The van der Waals surface area contributed by atoms with Crippen LogP contribution in [0.3, 0.4) is 0 Å². The Bertz CT molecular complexity index is 412. The van der Waals surface area contributed by atoms with E-state index in [1.165, 1.54) is 0 Å². The lowest BCUT2D eigenvalue weighted by molar-refractivity contribution is -0.0164. The standard InChI is InChI=1S/C17H35NO4Si/c1-16(2,3)21-15(20)18-10-9-14(13(11-18)12-19)22-23(7,8)17(4,5)6/h13-14,19H,9-12H2,1-8H3. The number of amides is 1. The van der Waals surface area contributed by atoms with Crippen LogP contribution >= 0.6 is 0 Å². The SMILES string of the molecule is CC(C)(C)OC(=O)N1CCC(O[Si](C)(C)C(C)(C)C)C(CO)C1. The maximum Gasteiger partial charge on any atom is 0.410 e. The van der Waals surface area contributed by atoms with Gasteiger partial charge < -0.3 is 19.2 Å². The molecule has 23 heavy (non-hydrogen) atoms. The summed E-state index contributed by atoms with van der Waals surface area (Å²) >= 11 is 0. The first kappa shape index (κ1) is 20.5. The van der Waals surface area contributed by atoms with Gasteiger partial charge in [-0.05, 0) is 45.3 Å². The van der Waals surface area contributed by atoms with E-state index in [-0.39, 0.29) is 29.8 Å². The molecule has 0 radical (unpaired) electrons. The van der Waals surface area contributed by atoms with Crippen molar-refractivity contribution in [3.05, 3.63) is 0 Å². The Morgan fingerprint density at radius 2 is 1.78 bits per heavy atom. The number of hydrogen-bond acceptors (Lipinski definition) is 4. The van der Waals surface area contributed by atoms with Crippen molar-refractivity contribution in [3.8, 4) is 0 Å². The number of carbonyl (C=O) groups is 1. The molecule has 1 N–H and O–H groups in total. The van der Waals surface area contributed by atoms with E-state index < -0.39 is 13.9 Å². The predicted octanol–water partition coefficient (Wildman–Crippen LogP) is 3.63. The van der Waals surface area contributed by atoms with Gasteiger partial charge in [0.15, 0.2) is 8.32 Å². The van der Waals surface area contributed by atoms with E-state index in [9.17, 15) is 9.90 Å². The number of hydrogen-bond donors (Lipinski definition) is 1. The number of carbonyl (C=O) groups excluding carboxylic acids is 1. The molecular weight excluding hydrogens is 310 g/mol. The average Bonchev–Trinajstić information content (AvgIpc) is 2.35. The average molecular weight is 346 g/mol. The molecule has 1 amide bonds. The molecule has 0 aromatic heterocycles. The minimum Gasteiger partial charge on any atom is -0.444 e. The largest absolute Gasteiger partial charge is 0.444 e. The van der Waals surface area contributed by atoms with Crippen LogP contribution in [0, 0.1) is 5.92 Å². The Labute approximate surface area is 142 Å². The molecule has 0 aromatic carbocycles. The zero-order chi connectivity index (χ0) is 18.1. The fourth-order valence-electron chi connectivity index (χ4n) is 2.39. The van der Waals surface area contributed by atoms with Gasteiger partial charge in [-0.2, -0.15) is 0 Å². The highest BCUT2D eigenvalue weighted by Crippen LogP contribution is 2.39. The lowest BCUT2D eigenvalue weighted by Gasteiger charge is -2.44. The Morgan fingerprint density at radius 1 is 1.22 bits per heavy atom. The van der Waals surface area contributed by atoms with Gasteiger partial charge in [-0.25, -0.2) is 4.79 Å². The van der Waals surface area contributed by atoms with E-state index in [1.807, 2.05) is 20.8 Å². The quantitative estimate of drug-likeness (QED) is 0.794. The van der Waals surface area contributed by atoms with Crippen LogP contribution < -0.4 is 0 Å². The Balaban J connectivity index is 2.71. The molecule has 0 saturated carbocycles. The van der Waals surface area contributed by atoms with Crippen molar-refractivity contribution in [1.82, 2.24) is 4.90 Å². The van der Waals surface area contributed by atoms with Crippen LogP contribution in [0.25, 0.3) is 0 Å². The number of rotatable bonds is 3. The van der Waals surface area contributed by atoms with E-state index in [0.717, 1.165) is 6.42 Å². The summed E-state index contributed by atoms with van der Waals surface area (Å²) in [7, 11) is -1.88. The summed E-state index contributed by atoms with van der Waals surface area (Å²) in [4.78, 5) is 13.9. The van der Waals surface area contributed by atoms with Crippen molar-refractivity contribution < 1.29 is 19.1 Å². The van der Waals surface area contributed by atoms with Gasteiger partial charge in [0.25, 0.3) is 0 Å². The molecule has 5 nitrogen and oxygen atoms in total. The number of likely N-dealkylation sites (tertiary alicyclic amines) is 1. The third kappa shape index (κ3) is 5.76. The highest BCUT2D eigenvalue weighted by Gasteiger charge is 2.42. The van der Waals surface area contributed by atoms with Gasteiger partial charge in [0.1, 0.15) is 5.60 Å². The normalized spacial score (nSPS) is 23.8. The molecular formula is C17H35NO4Si. The molecule has 136 valence electrons. The molecule has 6 heteroatoms. The first-order valence-electron chi connectivity index (χ1n) is 8.53. The van der Waals surface area contributed by atoms with Gasteiger partial charge in [-0.1, -0.05) is 20.8 Å². The van der Waals surface area contributed by atoms with Crippen LogP contribution in [0.1, 0.15) is 48.0 Å². The second kappa shape index (κ2) is 7.11. The molecule has 1 heterocycles. The summed E-state index contributed by atoms with van der Waals surface area (Å²) in [6, 6.07) is 0. The maximum absolute atomic E-state index is 12.2. The highest BCUT2D eigenvalue weighted by molar-refractivity contribution is 6.74. The molecule has 1 saturated heterocycles. The number of aliphatic hydroxyl groups is 1. The van der Waals surface area contributed by atoms with Crippen molar-refractivity contribution >= 4 is 14.4 Å². The van der Waals surface area contributed by atoms with Crippen LogP contribution in [0.2, 0.25) is 18.1 Å². The van der Waals surface area contributed by atoms with E-state index in [0.29, 0.717) is 13.1 Å². The summed E-state index contributed by atoms with van der Waals surface area (Å²) in [5.41, 5.74) is -0.500. The van der Waals surface area contributed by atoms with E-state index in [2.05, 4.69) is 33.9 Å². The fourth-order valence-corrected chi connectivity index (χ4v) is 3.81. The van der Waals surface area contributed by atoms with Crippen molar-refractivity contribution in [3.63, 3.8) is 0 Å². The predicted molar refractivity (Wildman–Crippen MR) is 95.1 cm³/mol. The van der Waals surface area contributed by atoms with Crippen LogP contribution in [0.5, 0.6) is 0 Å². The van der Waals surface area contributed by atoms with Crippen LogP contribution in [0.4, 0.5) is 4.79 Å². The van der Waals surface area contributed by atoms with Gasteiger partial charge in [-0.15, -0.1) is 0 Å². The lowest BCUT2D eigenvalue weighted by Crippen LogP contribution is -2.53. The van der Waals surface area contributed by atoms with Crippen LogP contribution in [-0.4, -0.2) is 55.8 Å². The van der Waals surface area contributed by atoms with Crippen molar-refractivity contribution in [1.29, 1.82) is 0 Å². The minimum atomic E-state index is -1.88. The van der Waals surface area contributed by atoms with Gasteiger partial charge in [0.05, 0.1) is 12.7 Å². The lowest BCUT2D eigenvalue weighted by atomic mass is 9.96. The zero-order valence-electron chi connectivity index (χ0n) is 16.1. The summed E-state index contributed by atoms with van der Waals surface area (Å²) in [6.45, 7) is 17.8. The molecule has 1 fully saturated rings. The fraction of sp³-hybridized carbons (Fsp3) is 0.941. The van der Waals surface area contributed by atoms with Crippen LogP contribution in [-0.2, 0) is 9.16 Å². The van der Waals surface area contributed by atoms with Crippen LogP contribution in [0.15, 0.2) is 0 Å². The first-order valence-corrected chi connectivity index (χ1v) is 11.4. The van der Waals surface area contributed by atoms with E-state index in [4.69, 9.17) is 9.16 Å². The second-order valence-electron chi connectivity index (χ2n) is 9.07. The first-order chi connectivity index (χ1) is 10.3. The van der Waals surface area contributed by atoms with Gasteiger partial charge in [0, 0.05) is 19.0 Å². The topological polar surface area (TPSA) is 59.0 Å².